The average molecular weight is 463 g/mol. The monoisotopic (exact) mass is 463 g/mol. The van der Waals surface area contributed by atoms with Crippen molar-refractivity contribution in [1.29, 1.82) is 0 Å². The van der Waals surface area contributed by atoms with Crippen molar-refractivity contribution in [3.63, 3.8) is 0 Å². The van der Waals surface area contributed by atoms with Crippen LogP contribution in [0, 0.1) is 5.82 Å². The second kappa shape index (κ2) is 9.68. The number of rotatable bonds is 6. The molecular weight excluding hydrogens is 436 g/mol. The lowest BCUT2D eigenvalue weighted by molar-refractivity contribution is 0.0991. The maximum Gasteiger partial charge on any atom is 0.191 e. The molecule has 2 aliphatic rings. The largest absolute Gasteiger partial charge is 0.375 e. The normalized spacial score (nSPS) is 26.2. The molecule has 2 aliphatic heterocycles. The van der Waals surface area contributed by atoms with Crippen molar-refractivity contribution >= 4 is 29.9 Å². The number of aliphatic imine (C=N–C) groups is 1. The van der Waals surface area contributed by atoms with E-state index < -0.39 is 0 Å². The number of guanidine groups is 1. The van der Waals surface area contributed by atoms with Crippen LogP contribution in [0.2, 0.25) is 0 Å². The summed E-state index contributed by atoms with van der Waals surface area (Å²) in [7, 11) is 1.65. The molecule has 0 aliphatic carbocycles. The Balaban J connectivity index is 0.00000225. The smallest absolute Gasteiger partial charge is 0.191 e. The fourth-order valence-corrected chi connectivity index (χ4v) is 3.45. The van der Waals surface area contributed by atoms with Gasteiger partial charge in [-0.25, -0.2) is 4.39 Å². The lowest BCUT2D eigenvalue weighted by Gasteiger charge is -2.23. The Morgan fingerprint density at radius 3 is 2.68 bits per heavy atom. The minimum absolute atomic E-state index is 0. The summed E-state index contributed by atoms with van der Waals surface area (Å²) in [5.41, 5.74) is 0.918. The topological polar surface area (TPSA) is 54.9 Å². The molecule has 140 valence electrons. The number of halogens is 2. The highest BCUT2D eigenvalue weighted by Gasteiger charge is 2.41. The number of fused-ring (bicyclic) bond motifs is 2. The molecule has 2 N–H and O–H groups in total. The molecule has 2 bridgehead atoms. The summed E-state index contributed by atoms with van der Waals surface area (Å²) in [6, 6.07) is 6.70. The van der Waals surface area contributed by atoms with Crippen molar-refractivity contribution in [2.24, 2.45) is 4.99 Å². The van der Waals surface area contributed by atoms with Crippen LogP contribution in [0.5, 0.6) is 0 Å². The third-order valence-electron chi connectivity index (χ3n) is 4.71. The predicted octanol–water partition coefficient (Wildman–Crippen LogP) is 3.01. The van der Waals surface area contributed by atoms with Crippen molar-refractivity contribution in [3.05, 3.63) is 35.6 Å². The van der Waals surface area contributed by atoms with Gasteiger partial charge in [-0.3, -0.25) is 4.99 Å². The highest BCUT2D eigenvalue weighted by molar-refractivity contribution is 14.0. The zero-order valence-electron chi connectivity index (χ0n) is 14.7. The fraction of sp³-hybridized carbons (Fsp3) is 0.611. The van der Waals surface area contributed by atoms with E-state index in [0.717, 1.165) is 30.9 Å². The molecule has 0 radical (unpaired) electrons. The molecule has 0 spiro atoms. The number of hydrogen-bond acceptors (Lipinski definition) is 3. The molecule has 3 rings (SSSR count). The average Bonchev–Trinajstić information content (AvgIpc) is 3.20. The second-order valence-corrected chi connectivity index (χ2v) is 6.36. The molecule has 4 unspecified atom stereocenters. The van der Waals surface area contributed by atoms with Gasteiger partial charge in [-0.1, -0.05) is 12.1 Å². The molecule has 0 saturated carbocycles. The van der Waals surface area contributed by atoms with Gasteiger partial charge >= 0.3 is 0 Å². The van der Waals surface area contributed by atoms with Gasteiger partial charge in [-0.2, -0.15) is 0 Å². The fourth-order valence-electron chi connectivity index (χ4n) is 3.45. The van der Waals surface area contributed by atoms with E-state index in [1.807, 2.05) is 6.92 Å². The van der Waals surface area contributed by atoms with Crippen molar-refractivity contribution < 1.29 is 13.9 Å². The van der Waals surface area contributed by atoms with E-state index in [9.17, 15) is 4.39 Å². The van der Waals surface area contributed by atoms with Crippen molar-refractivity contribution in [2.45, 2.75) is 50.5 Å². The van der Waals surface area contributed by atoms with E-state index in [-0.39, 0.29) is 35.9 Å². The van der Waals surface area contributed by atoms with Crippen LogP contribution in [0.15, 0.2) is 29.3 Å². The summed E-state index contributed by atoms with van der Waals surface area (Å²) in [5.74, 6) is 0.534. The summed E-state index contributed by atoms with van der Waals surface area (Å²) >= 11 is 0. The van der Waals surface area contributed by atoms with E-state index in [1.165, 1.54) is 18.6 Å². The molecule has 1 aromatic rings. The van der Waals surface area contributed by atoms with Gasteiger partial charge in [0, 0.05) is 13.7 Å². The SMILES string of the molecule is CCNC(=NCC(OC)c1ccc(F)cc1)NC1CC2CCC1O2.I. The number of nitrogens with one attached hydrogen (secondary N) is 2. The van der Waals surface area contributed by atoms with E-state index in [4.69, 9.17) is 9.47 Å². The number of methoxy groups -OCH3 is 1. The second-order valence-electron chi connectivity index (χ2n) is 6.36. The third-order valence-corrected chi connectivity index (χ3v) is 4.71. The van der Waals surface area contributed by atoms with Gasteiger partial charge in [-0.15, -0.1) is 24.0 Å². The first-order chi connectivity index (χ1) is 11.7. The summed E-state index contributed by atoms with van der Waals surface area (Å²) < 4.78 is 24.5. The number of hydrogen-bond donors (Lipinski definition) is 2. The van der Waals surface area contributed by atoms with Crippen molar-refractivity contribution in [3.8, 4) is 0 Å². The van der Waals surface area contributed by atoms with E-state index in [2.05, 4.69) is 15.6 Å². The summed E-state index contributed by atoms with van der Waals surface area (Å²) in [5, 5.41) is 6.76. The van der Waals surface area contributed by atoms with Crippen molar-refractivity contribution in [1.82, 2.24) is 10.6 Å². The zero-order valence-corrected chi connectivity index (χ0v) is 17.0. The maximum atomic E-state index is 13.1. The summed E-state index contributed by atoms with van der Waals surface area (Å²) in [6.45, 7) is 3.31. The van der Waals surface area contributed by atoms with Gasteiger partial charge in [0.1, 0.15) is 11.9 Å². The van der Waals surface area contributed by atoms with Crippen LogP contribution in [-0.2, 0) is 9.47 Å². The highest BCUT2D eigenvalue weighted by atomic mass is 127. The van der Waals surface area contributed by atoms with Crippen LogP contribution in [-0.4, -0.2) is 44.4 Å². The predicted molar refractivity (Wildman–Crippen MR) is 107 cm³/mol. The van der Waals surface area contributed by atoms with E-state index >= 15 is 0 Å². The number of ether oxygens (including phenoxy) is 2. The first-order valence-corrected chi connectivity index (χ1v) is 8.68. The quantitative estimate of drug-likeness (QED) is 0.387. The van der Waals surface area contributed by atoms with Gasteiger partial charge in [0.05, 0.1) is 24.8 Å². The van der Waals surface area contributed by atoms with Gasteiger partial charge in [-0.05, 0) is 43.9 Å². The molecule has 25 heavy (non-hydrogen) atoms. The van der Waals surface area contributed by atoms with Crippen LogP contribution >= 0.6 is 24.0 Å². The molecule has 7 heteroatoms. The number of benzene rings is 1. The van der Waals surface area contributed by atoms with Crippen LogP contribution in [0.25, 0.3) is 0 Å². The lowest BCUT2D eigenvalue weighted by atomic mass is 9.96. The Kier molecular flexibility index (Phi) is 7.89. The molecule has 2 heterocycles. The molecular formula is C18H27FIN3O2. The van der Waals surface area contributed by atoms with Crippen LogP contribution < -0.4 is 10.6 Å². The molecule has 2 fully saturated rings. The van der Waals surface area contributed by atoms with Gasteiger partial charge in [0.2, 0.25) is 0 Å². The Morgan fingerprint density at radius 2 is 2.12 bits per heavy atom. The Morgan fingerprint density at radius 1 is 1.36 bits per heavy atom. The highest BCUT2D eigenvalue weighted by Crippen LogP contribution is 2.34. The third kappa shape index (κ3) is 5.27. The van der Waals surface area contributed by atoms with E-state index in [1.54, 1.807) is 19.2 Å². The molecule has 0 aromatic heterocycles. The first-order valence-electron chi connectivity index (χ1n) is 8.68. The Hall–Kier alpha value is -0.930. The molecule has 0 amide bonds. The summed E-state index contributed by atoms with van der Waals surface area (Å²) in [6.07, 6.45) is 3.85. The molecule has 2 saturated heterocycles. The molecule has 4 atom stereocenters. The Bertz CT molecular complexity index is 570. The lowest BCUT2D eigenvalue weighted by Crippen LogP contribution is -2.47. The van der Waals surface area contributed by atoms with E-state index in [0.29, 0.717) is 24.8 Å². The van der Waals surface area contributed by atoms with Crippen LogP contribution in [0.4, 0.5) is 4.39 Å². The van der Waals surface area contributed by atoms with Crippen LogP contribution in [0.3, 0.4) is 0 Å². The standard InChI is InChI=1S/C18H26FN3O2.HI/c1-3-20-18(22-15-10-14-8-9-16(15)24-14)21-11-17(23-2)12-4-6-13(19)7-5-12;/h4-7,14-17H,3,8-11H2,1-2H3,(H2,20,21,22);1H. The molecule has 5 nitrogen and oxygen atoms in total. The minimum atomic E-state index is -0.247. The van der Waals surface area contributed by atoms with Crippen molar-refractivity contribution in [2.75, 3.05) is 20.2 Å². The zero-order chi connectivity index (χ0) is 16.9. The summed E-state index contributed by atoms with van der Waals surface area (Å²) in [4.78, 5) is 4.65. The van der Waals surface area contributed by atoms with Crippen LogP contribution in [0.1, 0.15) is 37.9 Å². The van der Waals surface area contributed by atoms with Gasteiger partial charge < -0.3 is 20.1 Å². The molecule has 1 aromatic carbocycles. The minimum Gasteiger partial charge on any atom is -0.375 e. The van der Waals surface area contributed by atoms with Gasteiger partial charge in [0.15, 0.2) is 5.96 Å². The van der Waals surface area contributed by atoms with Gasteiger partial charge in [0.25, 0.3) is 0 Å². The number of nitrogens with zero attached hydrogens (tertiary/aromatic N) is 1. The maximum absolute atomic E-state index is 13.1. The Labute approximate surface area is 165 Å². The first kappa shape index (κ1) is 20.4.